The lowest BCUT2D eigenvalue weighted by Crippen LogP contribution is -2.34. The summed E-state index contributed by atoms with van der Waals surface area (Å²) in [6.07, 6.45) is -4.86. The van der Waals surface area contributed by atoms with Crippen LogP contribution in [0.4, 0.5) is 10.2 Å². The number of nitrogens with zero attached hydrogens (tertiary/aromatic N) is 2. The molecule has 2 heterocycles. The minimum atomic E-state index is -1.90. The minimum Gasteiger partial charge on any atom is -0.394 e. The van der Waals surface area contributed by atoms with Crippen molar-refractivity contribution in [2.24, 2.45) is 0 Å². The molecule has 0 saturated carbocycles. The number of nitrogen functional groups attached to an aromatic ring is 1. The Labute approximate surface area is 106 Å². The van der Waals surface area contributed by atoms with Crippen LogP contribution in [0.2, 0.25) is 0 Å². The molecule has 1 aromatic rings. The monoisotopic (exact) mass is 277 g/mol. The average molecular weight is 277 g/mol. The van der Waals surface area contributed by atoms with Crippen molar-refractivity contribution in [3.63, 3.8) is 0 Å². The van der Waals surface area contributed by atoms with Gasteiger partial charge in [-0.3, -0.25) is 4.57 Å². The molecule has 0 spiro atoms. The van der Waals surface area contributed by atoms with Crippen molar-refractivity contribution in [2.45, 2.75) is 31.2 Å². The smallest absolute Gasteiger partial charge is 0.351 e. The van der Waals surface area contributed by atoms with Gasteiger partial charge in [0.05, 0.1) is 13.2 Å². The van der Waals surface area contributed by atoms with Gasteiger partial charge >= 0.3 is 5.69 Å². The second kappa shape index (κ2) is 5.21. The van der Waals surface area contributed by atoms with Crippen LogP contribution in [0.3, 0.4) is 0 Å². The Morgan fingerprint density at radius 1 is 1.53 bits per heavy atom. The van der Waals surface area contributed by atoms with E-state index in [2.05, 4.69) is 4.98 Å². The van der Waals surface area contributed by atoms with Gasteiger partial charge in [-0.05, 0) is 0 Å². The summed E-state index contributed by atoms with van der Waals surface area (Å²) in [6.45, 7) is -1.06. The van der Waals surface area contributed by atoms with Crippen LogP contribution >= 0.6 is 0 Å². The lowest BCUT2D eigenvalue weighted by molar-refractivity contribution is -0.0492. The number of aliphatic hydroxyl groups is 3. The van der Waals surface area contributed by atoms with Crippen LogP contribution in [0.25, 0.3) is 0 Å². The molecule has 0 aliphatic carbocycles. The van der Waals surface area contributed by atoms with E-state index in [1.807, 2.05) is 0 Å². The lowest BCUT2D eigenvalue weighted by atomic mass is 10.1. The first-order valence-corrected chi connectivity index (χ1v) is 5.56. The van der Waals surface area contributed by atoms with Crippen LogP contribution in [0.5, 0.6) is 0 Å². The summed E-state index contributed by atoms with van der Waals surface area (Å²) in [4.78, 5) is 15.1. The van der Waals surface area contributed by atoms with Crippen molar-refractivity contribution < 1.29 is 24.4 Å². The molecule has 1 aliphatic heterocycles. The lowest BCUT2D eigenvalue weighted by Gasteiger charge is -2.17. The molecule has 0 unspecified atom stereocenters. The molecule has 0 radical (unpaired) electrons. The zero-order chi connectivity index (χ0) is 14.2. The molecular formula is C10H14FN3O5. The first kappa shape index (κ1) is 13.9. The van der Waals surface area contributed by atoms with Crippen LogP contribution in [-0.4, -0.2) is 49.9 Å². The Morgan fingerprint density at radius 2 is 2.21 bits per heavy atom. The van der Waals surface area contributed by atoms with Crippen LogP contribution in [0.1, 0.15) is 11.8 Å². The van der Waals surface area contributed by atoms with Crippen LogP contribution in [-0.2, 0) is 11.3 Å². The van der Waals surface area contributed by atoms with Crippen molar-refractivity contribution >= 4 is 5.82 Å². The third kappa shape index (κ3) is 2.32. The van der Waals surface area contributed by atoms with Gasteiger partial charge in [-0.1, -0.05) is 0 Å². The van der Waals surface area contributed by atoms with Crippen LogP contribution in [0.15, 0.2) is 11.0 Å². The predicted octanol–water partition coefficient (Wildman–Crippen LogP) is -2.09. The molecule has 1 fully saturated rings. The Balaban J connectivity index is 2.40. The summed E-state index contributed by atoms with van der Waals surface area (Å²) in [5, 5.41) is 27.4. The molecule has 5 N–H and O–H groups in total. The fourth-order valence-electron chi connectivity index (χ4n) is 1.90. The molecule has 19 heavy (non-hydrogen) atoms. The van der Waals surface area contributed by atoms with E-state index in [-0.39, 0.29) is 11.4 Å². The Hall–Kier alpha value is -1.55. The number of ether oxygens (including phenoxy) is 1. The highest BCUT2D eigenvalue weighted by Crippen LogP contribution is 2.30. The largest absolute Gasteiger partial charge is 0.394 e. The van der Waals surface area contributed by atoms with Crippen molar-refractivity contribution in [3.05, 3.63) is 22.2 Å². The molecule has 1 saturated heterocycles. The number of rotatable bonds is 3. The fourth-order valence-corrected chi connectivity index (χ4v) is 1.90. The van der Waals surface area contributed by atoms with Crippen molar-refractivity contribution in [1.29, 1.82) is 0 Å². The number of hydrogen-bond acceptors (Lipinski definition) is 7. The van der Waals surface area contributed by atoms with E-state index in [4.69, 9.17) is 20.7 Å². The highest BCUT2D eigenvalue weighted by atomic mass is 19.1. The quantitative estimate of drug-likeness (QED) is 0.466. The zero-order valence-electron chi connectivity index (χ0n) is 9.81. The van der Waals surface area contributed by atoms with Crippen LogP contribution < -0.4 is 11.4 Å². The van der Waals surface area contributed by atoms with Gasteiger partial charge in [0.1, 0.15) is 18.0 Å². The first-order chi connectivity index (χ1) is 8.99. The number of alkyl halides is 1. The molecule has 0 amide bonds. The number of aromatic nitrogens is 2. The van der Waals surface area contributed by atoms with Crippen molar-refractivity contribution in [2.75, 3.05) is 12.3 Å². The van der Waals surface area contributed by atoms with Gasteiger partial charge in [-0.25, -0.2) is 9.18 Å². The molecule has 1 aromatic heterocycles. The van der Waals surface area contributed by atoms with E-state index in [0.29, 0.717) is 0 Å². The van der Waals surface area contributed by atoms with E-state index >= 15 is 0 Å². The zero-order valence-corrected chi connectivity index (χ0v) is 9.81. The molecule has 0 bridgehead atoms. The van der Waals surface area contributed by atoms with Gasteiger partial charge in [0.25, 0.3) is 0 Å². The molecule has 106 valence electrons. The number of halogens is 1. The SMILES string of the molecule is [15NH2]c1[15n]c(=O)n([C@@H]2O[C@H](CO)[C@@H](O)[C@H]2F)cc1CO. The van der Waals surface area contributed by atoms with E-state index in [0.717, 1.165) is 10.8 Å². The Morgan fingerprint density at radius 3 is 2.74 bits per heavy atom. The maximum atomic E-state index is 13.9. The number of aliphatic hydroxyl groups excluding tert-OH is 3. The number of nitrogens with two attached hydrogens (primary N) is 1. The van der Waals surface area contributed by atoms with E-state index in [9.17, 15) is 14.3 Å². The van der Waals surface area contributed by atoms with E-state index in [1.54, 1.807) is 0 Å². The Kier molecular flexibility index (Phi) is 3.80. The van der Waals surface area contributed by atoms with Crippen LogP contribution in [0, 0.1) is 0 Å². The second-order valence-corrected chi connectivity index (χ2v) is 4.18. The molecule has 9 heteroatoms. The highest BCUT2D eigenvalue weighted by Gasteiger charge is 2.45. The topological polar surface area (TPSA) is 131 Å². The highest BCUT2D eigenvalue weighted by molar-refractivity contribution is 5.36. The third-order valence-corrected chi connectivity index (χ3v) is 2.98. The second-order valence-electron chi connectivity index (χ2n) is 4.18. The van der Waals surface area contributed by atoms with Gasteiger partial charge in [-0.2, -0.15) is 4.98 Å². The van der Waals surface area contributed by atoms with Gasteiger partial charge in [0.2, 0.25) is 0 Å². The summed E-state index contributed by atoms with van der Waals surface area (Å²) < 4.78 is 19.7. The molecule has 1 aliphatic rings. The summed E-state index contributed by atoms with van der Waals surface area (Å²) in [5.74, 6) is -0.156. The van der Waals surface area contributed by atoms with Gasteiger partial charge in [0, 0.05) is 11.8 Å². The maximum absolute atomic E-state index is 13.9. The van der Waals surface area contributed by atoms with Gasteiger partial charge < -0.3 is 25.8 Å². The normalized spacial score (nSPS) is 30.7. The molecule has 8 nitrogen and oxygen atoms in total. The summed E-state index contributed by atoms with van der Waals surface area (Å²) in [6, 6.07) is 0. The number of hydrogen-bond donors (Lipinski definition) is 4. The molecule has 0 aromatic carbocycles. The number of anilines is 1. The standard InChI is InChI=1S/C10H14FN3O5/c11-6-7(17)5(3-16)19-9(6)14-1-4(2-15)8(12)13-10(14)18/h1,5-7,9,15-17H,2-3H2,(H2,12,13,18)/t5-,6-,7-,9-/m1/s1/i12+1,13+1. The van der Waals surface area contributed by atoms with E-state index in [1.165, 1.54) is 0 Å². The fraction of sp³-hybridized carbons (Fsp3) is 0.600. The first-order valence-electron chi connectivity index (χ1n) is 5.56. The van der Waals surface area contributed by atoms with E-state index < -0.39 is 43.5 Å². The molecular weight excluding hydrogens is 263 g/mol. The third-order valence-electron chi connectivity index (χ3n) is 2.98. The minimum absolute atomic E-state index is 0.136. The molecule has 4 atom stereocenters. The molecule has 2 rings (SSSR count). The Bertz CT molecular complexity index is 522. The summed E-state index contributed by atoms with van der Waals surface area (Å²) in [7, 11) is 0. The average Bonchev–Trinajstić information content (AvgIpc) is 2.67. The van der Waals surface area contributed by atoms with Gasteiger partial charge in [0.15, 0.2) is 12.4 Å². The van der Waals surface area contributed by atoms with Crippen molar-refractivity contribution in [3.8, 4) is 0 Å². The van der Waals surface area contributed by atoms with Gasteiger partial charge in [-0.15, -0.1) is 0 Å². The predicted molar refractivity (Wildman–Crippen MR) is 60.7 cm³/mol. The summed E-state index contributed by atoms with van der Waals surface area (Å²) >= 11 is 0. The summed E-state index contributed by atoms with van der Waals surface area (Å²) in [5.41, 5.74) is 4.68. The maximum Gasteiger partial charge on any atom is 0.351 e. The van der Waals surface area contributed by atoms with Crippen molar-refractivity contribution in [1.82, 2.24) is 9.55 Å².